The van der Waals surface area contributed by atoms with Crippen LogP contribution in [0, 0.1) is 5.92 Å². The zero-order chi connectivity index (χ0) is 12.1. The summed E-state index contributed by atoms with van der Waals surface area (Å²) in [6.07, 6.45) is 6.22. The summed E-state index contributed by atoms with van der Waals surface area (Å²) in [6, 6.07) is 9.28. The molecule has 1 heteroatoms. The predicted molar refractivity (Wildman–Crippen MR) is 72.0 cm³/mol. The maximum absolute atomic E-state index is 6.44. The molecule has 0 saturated heterocycles. The zero-order valence-corrected chi connectivity index (χ0v) is 11.0. The van der Waals surface area contributed by atoms with E-state index >= 15 is 0 Å². The lowest BCUT2D eigenvalue weighted by Gasteiger charge is -2.23. The fourth-order valence-corrected chi connectivity index (χ4v) is 3.24. The first-order chi connectivity index (χ1) is 8.06. The van der Waals surface area contributed by atoms with Crippen LogP contribution in [-0.4, -0.2) is 5.54 Å². The lowest BCUT2D eigenvalue weighted by Crippen LogP contribution is -2.37. The smallest absolute Gasteiger partial charge is 0.0253 e. The van der Waals surface area contributed by atoms with Crippen molar-refractivity contribution in [3.05, 3.63) is 35.4 Å². The van der Waals surface area contributed by atoms with Gasteiger partial charge in [-0.2, -0.15) is 0 Å². The molecule has 0 aliphatic heterocycles. The summed E-state index contributed by atoms with van der Waals surface area (Å²) in [5, 5.41) is 0. The van der Waals surface area contributed by atoms with Crippen molar-refractivity contribution < 1.29 is 0 Å². The SMILES string of the molecule is CC(C)Cc1ccc(C2(C3(N)CC3)CC2)cc1. The van der Waals surface area contributed by atoms with E-state index in [2.05, 4.69) is 38.1 Å². The second kappa shape index (κ2) is 3.58. The van der Waals surface area contributed by atoms with Gasteiger partial charge in [-0.3, -0.25) is 0 Å². The predicted octanol–water partition coefficient (Wildman–Crippen LogP) is 3.41. The first kappa shape index (κ1) is 11.3. The van der Waals surface area contributed by atoms with E-state index in [0.717, 1.165) is 5.92 Å². The average molecular weight is 229 g/mol. The summed E-state index contributed by atoms with van der Waals surface area (Å²) in [4.78, 5) is 0. The molecule has 17 heavy (non-hydrogen) atoms. The third-order valence-corrected chi connectivity index (χ3v) is 4.64. The van der Waals surface area contributed by atoms with Crippen LogP contribution in [0.1, 0.15) is 50.7 Å². The minimum absolute atomic E-state index is 0.145. The highest BCUT2D eigenvalue weighted by atomic mass is 14.9. The quantitative estimate of drug-likeness (QED) is 0.841. The van der Waals surface area contributed by atoms with Gasteiger partial charge in [-0.1, -0.05) is 38.1 Å². The number of hydrogen-bond donors (Lipinski definition) is 1. The van der Waals surface area contributed by atoms with E-state index in [-0.39, 0.29) is 5.54 Å². The summed E-state index contributed by atoms with van der Waals surface area (Å²) in [7, 11) is 0. The normalized spacial score (nSPS) is 23.8. The van der Waals surface area contributed by atoms with E-state index in [4.69, 9.17) is 5.73 Å². The van der Waals surface area contributed by atoms with Crippen LogP contribution in [0.15, 0.2) is 24.3 Å². The van der Waals surface area contributed by atoms with E-state index in [9.17, 15) is 0 Å². The van der Waals surface area contributed by atoms with Gasteiger partial charge in [0, 0.05) is 11.0 Å². The highest BCUT2D eigenvalue weighted by Gasteiger charge is 2.63. The molecule has 2 fully saturated rings. The van der Waals surface area contributed by atoms with Crippen molar-refractivity contribution in [2.24, 2.45) is 11.7 Å². The molecular weight excluding hydrogens is 206 g/mol. The molecule has 2 N–H and O–H groups in total. The van der Waals surface area contributed by atoms with Crippen LogP contribution in [0.5, 0.6) is 0 Å². The summed E-state index contributed by atoms with van der Waals surface area (Å²) in [5.74, 6) is 0.736. The Hall–Kier alpha value is -0.820. The van der Waals surface area contributed by atoms with E-state index in [1.165, 1.54) is 43.2 Å². The van der Waals surface area contributed by atoms with Crippen LogP contribution < -0.4 is 5.73 Å². The first-order valence-corrected chi connectivity index (χ1v) is 6.94. The van der Waals surface area contributed by atoms with Gasteiger partial charge < -0.3 is 5.73 Å². The van der Waals surface area contributed by atoms with E-state index in [1.54, 1.807) is 0 Å². The Morgan fingerprint density at radius 1 is 1.06 bits per heavy atom. The van der Waals surface area contributed by atoms with Gasteiger partial charge in [0.1, 0.15) is 0 Å². The Balaban J connectivity index is 1.81. The molecule has 2 saturated carbocycles. The maximum Gasteiger partial charge on any atom is 0.0253 e. The molecule has 0 bridgehead atoms. The topological polar surface area (TPSA) is 26.0 Å². The second-order valence-corrected chi connectivity index (χ2v) is 6.53. The molecule has 0 radical (unpaired) electrons. The second-order valence-electron chi connectivity index (χ2n) is 6.53. The van der Waals surface area contributed by atoms with Gasteiger partial charge in [-0.25, -0.2) is 0 Å². The average Bonchev–Trinajstić information content (AvgIpc) is 3.14. The Labute approximate surface area is 104 Å². The Kier molecular flexibility index (Phi) is 2.38. The van der Waals surface area contributed by atoms with E-state index in [0.29, 0.717) is 5.41 Å². The van der Waals surface area contributed by atoms with E-state index < -0.39 is 0 Å². The lowest BCUT2D eigenvalue weighted by molar-refractivity contribution is 0.503. The van der Waals surface area contributed by atoms with Crippen molar-refractivity contribution in [2.75, 3.05) is 0 Å². The van der Waals surface area contributed by atoms with Crippen LogP contribution in [-0.2, 0) is 11.8 Å². The Morgan fingerprint density at radius 2 is 1.65 bits per heavy atom. The van der Waals surface area contributed by atoms with Gasteiger partial charge in [-0.05, 0) is 49.1 Å². The summed E-state index contributed by atoms with van der Waals surface area (Å²) in [5.41, 5.74) is 9.88. The molecular formula is C16H23N. The minimum Gasteiger partial charge on any atom is -0.324 e. The third kappa shape index (κ3) is 1.81. The number of benzene rings is 1. The molecule has 1 nitrogen and oxygen atoms in total. The third-order valence-electron chi connectivity index (χ3n) is 4.64. The van der Waals surface area contributed by atoms with Crippen molar-refractivity contribution in [1.29, 1.82) is 0 Å². The van der Waals surface area contributed by atoms with E-state index in [1.807, 2.05) is 0 Å². The molecule has 2 aliphatic carbocycles. The van der Waals surface area contributed by atoms with Gasteiger partial charge in [0.2, 0.25) is 0 Å². The van der Waals surface area contributed by atoms with Gasteiger partial charge in [0.15, 0.2) is 0 Å². The molecule has 0 heterocycles. The summed E-state index contributed by atoms with van der Waals surface area (Å²) in [6.45, 7) is 4.55. The molecule has 2 aliphatic rings. The molecule has 0 aromatic heterocycles. The van der Waals surface area contributed by atoms with Gasteiger partial charge in [0.05, 0.1) is 0 Å². The molecule has 0 amide bonds. The van der Waals surface area contributed by atoms with Crippen LogP contribution in [0.25, 0.3) is 0 Å². The van der Waals surface area contributed by atoms with Crippen molar-refractivity contribution in [2.45, 2.75) is 56.9 Å². The molecule has 0 unspecified atom stereocenters. The zero-order valence-electron chi connectivity index (χ0n) is 11.0. The van der Waals surface area contributed by atoms with Crippen molar-refractivity contribution in [3.8, 4) is 0 Å². The van der Waals surface area contributed by atoms with Crippen LogP contribution in [0.2, 0.25) is 0 Å². The van der Waals surface area contributed by atoms with Crippen molar-refractivity contribution >= 4 is 0 Å². The highest BCUT2D eigenvalue weighted by Crippen LogP contribution is 2.63. The molecule has 1 aromatic carbocycles. The maximum atomic E-state index is 6.44. The first-order valence-electron chi connectivity index (χ1n) is 6.94. The highest BCUT2D eigenvalue weighted by molar-refractivity contribution is 5.41. The fourth-order valence-electron chi connectivity index (χ4n) is 3.24. The molecule has 1 aromatic rings. The lowest BCUT2D eigenvalue weighted by atomic mass is 9.85. The standard InChI is InChI=1S/C16H23N/c1-12(2)11-13-3-5-14(6-4-13)15(7-8-15)16(17)9-10-16/h3-6,12H,7-11,17H2,1-2H3. The molecule has 3 rings (SSSR count). The van der Waals surface area contributed by atoms with Crippen molar-refractivity contribution in [3.63, 3.8) is 0 Å². The summed E-state index contributed by atoms with van der Waals surface area (Å²) < 4.78 is 0. The molecule has 0 atom stereocenters. The molecule has 0 spiro atoms. The van der Waals surface area contributed by atoms with Crippen LogP contribution >= 0.6 is 0 Å². The number of hydrogen-bond acceptors (Lipinski definition) is 1. The monoisotopic (exact) mass is 229 g/mol. The van der Waals surface area contributed by atoms with Crippen molar-refractivity contribution in [1.82, 2.24) is 0 Å². The number of nitrogens with two attached hydrogens (primary N) is 1. The largest absolute Gasteiger partial charge is 0.324 e. The van der Waals surface area contributed by atoms with Crippen LogP contribution in [0.4, 0.5) is 0 Å². The minimum atomic E-state index is 0.145. The van der Waals surface area contributed by atoms with Crippen LogP contribution in [0.3, 0.4) is 0 Å². The Bertz CT molecular complexity index is 408. The fraction of sp³-hybridized carbons (Fsp3) is 0.625. The Morgan fingerprint density at radius 3 is 2.06 bits per heavy atom. The van der Waals surface area contributed by atoms with Gasteiger partial charge in [-0.15, -0.1) is 0 Å². The molecule has 92 valence electrons. The van der Waals surface area contributed by atoms with Gasteiger partial charge >= 0.3 is 0 Å². The van der Waals surface area contributed by atoms with Gasteiger partial charge in [0.25, 0.3) is 0 Å². The summed E-state index contributed by atoms with van der Waals surface area (Å²) >= 11 is 0. The number of rotatable bonds is 4.